The zero-order valence-corrected chi connectivity index (χ0v) is 12.2. The van der Waals surface area contributed by atoms with Crippen LogP contribution >= 0.6 is 0 Å². The van der Waals surface area contributed by atoms with E-state index < -0.39 is 16.0 Å². The first-order valence-corrected chi connectivity index (χ1v) is 7.71. The van der Waals surface area contributed by atoms with Crippen molar-refractivity contribution >= 4 is 16.0 Å². The highest BCUT2D eigenvalue weighted by Gasteiger charge is 2.32. The molecule has 1 aliphatic rings. The SMILES string of the molecule is COC(=O)c1cc(S(=O)(=O)N(C)C2CCC2)ccc1O. The van der Waals surface area contributed by atoms with E-state index in [9.17, 15) is 18.3 Å². The summed E-state index contributed by atoms with van der Waals surface area (Å²) in [5, 5.41) is 9.60. The number of carbonyl (C=O) groups excluding carboxylic acids is 1. The number of rotatable bonds is 4. The minimum absolute atomic E-state index is 0.00961. The number of hydrogen-bond acceptors (Lipinski definition) is 5. The summed E-state index contributed by atoms with van der Waals surface area (Å²) in [4.78, 5) is 11.5. The standard InChI is InChI=1S/C13H17NO5S/c1-14(9-4-3-5-9)20(17,18)10-6-7-12(15)11(8-10)13(16)19-2/h6-9,15H,3-5H2,1-2H3. The molecular formula is C13H17NO5S. The van der Waals surface area contributed by atoms with Crippen LogP contribution in [-0.2, 0) is 14.8 Å². The molecule has 2 rings (SSSR count). The number of carbonyl (C=O) groups is 1. The van der Waals surface area contributed by atoms with E-state index in [0.717, 1.165) is 25.3 Å². The van der Waals surface area contributed by atoms with Crippen LogP contribution in [0, 0.1) is 0 Å². The van der Waals surface area contributed by atoms with E-state index in [1.54, 1.807) is 0 Å². The van der Waals surface area contributed by atoms with Crippen LogP contribution in [0.4, 0.5) is 0 Å². The second-order valence-corrected chi connectivity index (χ2v) is 6.77. The molecule has 1 aromatic rings. The number of sulfonamides is 1. The van der Waals surface area contributed by atoms with Crippen LogP contribution in [0.2, 0.25) is 0 Å². The van der Waals surface area contributed by atoms with Crippen LogP contribution in [0.15, 0.2) is 23.1 Å². The zero-order chi connectivity index (χ0) is 14.9. The van der Waals surface area contributed by atoms with E-state index in [-0.39, 0.29) is 22.3 Å². The summed E-state index contributed by atoms with van der Waals surface area (Å²) in [6, 6.07) is 3.63. The molecule has 6 nitrogen and oxygen atoms in total. The Bertz CT molecular complexity index is 622. The maximum Gasteiger partial charge on any atom is 0.341 e. The van der Waals surface area contributed by atoms with Gasteiger partial charge in [-0.15, -0.1) is 0 Å². The quantitative estimate of drug-likeness (QED) is 0.848. The highest BCUT2D eigenvalue weighted by atomic mass is 32.2. The van der Waals surface area contributed by atoms with Crippen LogP contribution in [-0.4, -0.2) is 44.0 Å². The number of hydrogen-bond donors (Lipinski definition) is 1. The lowest BCUT2D eigenvalue weighted by molar-refractivity contribution is 0.0597. The van der Waals surface area contributed by atoms with E-state index in [1.165, 1.54) is 30.6 Å². The fraction of sp³-hybridized carbons (Fsp3) is 0.462. The topological polar surface area (TPSA) is 83.9 Å². The van der Waals surface area contributed by atoms with Gasteiger partial charge in [-0.05, 0) is 31.0 Å². The molecule has 0 aliphatic heterocycles. The lowest BCUT2D eigenvalue weighted by atomic mass is 9.94. The molecule has 7 heteroatoms. The van der Waals surface area contributed by atoms with Gasteiger partial charge in [-0.1, -0.05) is 6.42 Å². The van der Waals surface area contributed by atoms with Crippen molar-refractivity contribution in [2.45, 2.75) is 30.2 Å². The molecule has 1 aliphatic carbocycles. The Kier molecular flexibility index (Phi) is 4.01. The van der Waals surface area contributed by atoms with Crippen molar-refractivity contribution in [2.75, 3.05) is 14.2 Å². The van der Waals surface area contributed by atoms with E-state index in [4.69, 9.17) is 0 Å². The molecule has 0 heterocycles. The predicted molar refractivity (Wildman–Crippen MR) is 72.0 cm³/mol. The second-order valence-electron chi connectivity index (χ2n) is 4.78. The minimum Gasteiger partial charge on any atom is -0.507 e. The average Bonchev–Trinajstić information content (AvgIpc) is 2.36. The first-order chi connectivity index (χ1) is 9.37. The fourth-order valence-electron chi connectivity index (χ4n) is 2.06. The van der Waals surface area contributed by atoms with Crippen molar-refractivity contribution in [2.24, 2.45) is 0 Å². The Morgan fingerprint density at radius 3 is 2.55 bits per heavy atom. The molecule has 1 fully saturated rings. The Balaban J connectivity index is 2.39. The maximum atomic E-state index is 12.4. The number of nitrogens with zero attached hydrogens (tertiary/aromatic N) is 1. The number of benzene rings is 1. The first-order valence-electron chi connectivity index (χ1n) is 6.27. The molecule has 110 valence electrons. The normalized spacial score (nSPS) is 15.9. The van der Waals surface area contributed by atoms with Crippen LogP contribution in [0.3, 0.4) is 0 Å². The first kappa shape index (κ1) is 14.8. The predicted octanol–water partition coefficient (Wildman–Crippen LogP) is 1.35. The van der Waals surface area contributed by atoms with Gasteiger partial charge < -0.3 is 9.84 Å². The third-order valence-electron chi connectivity index (χ3n) is 3.64. The second kappa shape index (κ2) is 5.41. The molecule has 0 amide bonds. The molecule has 0 atom stereocenters. The van der Waals surface area contributed by atoms with E-state index in [2.05, 4.69) is 4.74 Å². The van der Waals surface area contributed by atoms with Gasteiger partial charge in [-0.3, -0.25) is 0 Å². The van der Waals surface area contributed by atoms with Crippen LogP contribution in [0.5, 0.6) is 5.75 Å². The number of aromatic hydroxyl groups is 1. The Labute approximate surface area is 118 Å². The zero-order valence-electron chi connectivity index (χ0n) is 11.4. The number of methoxy groups -OCH3 is 1. The number of phenols is 1. The van der Waals surface area contributed by atoms with E-state index in [0.29, 0.717) is 0 Å². The van der Waals surface area contributed by atoms with Gasteiger partial charge in [-0.25, -0.2) is 13.2 Å². The van der Waals surface area contributed by atoms with Crippen LogP contribution in [0.25, 0.3) is 0 Å². The lowest BCUT2D eigenvalue weighted by Gasteiger charge is -2.33. The Hall–Kier alpha value is -1.60. The van der Waals surface area contributed by atoms with Gasteiger partial charge in [-0.2, -0.15) is 4.31 Å². The van der Waals surface area contributed by atoms with E-state index >= 15 is 0 Å². The molecular weight excluding hydrogens is 282 g/mol. The monoisotopic (exact) mass is 299 g/mol. The molecule has 1 saturated carbocycles. The highest BCUT2D eigenvalue weighted by Crippen LogP contribution is 2.30. The summed E-state index contributed by atoms with van der Waals surface area (Å²) < 4.78 is 30.7. The van der Waals surface area contributed by atoms with Crippen molar-refractivity contribution in [3.63, 3.8) is 0 Å². The summed E-state index contributed by atoms with van der Waals surface area (Å²) >= 11 is 0. The van der Waals surface area contributed by atoms with Gasteiger partial charge in [0.05, 0.1) is 12.0 Å². The number of esters is 1. The van der Waals surface area contributed by atoms with Gasteiger partial charge in [0.1, 0.15) is 11.3 Å². The van der Waals surface area contributed by atoms with Crippen molar-refractivity contribution < 1.29 is 23.1 Å². The summed E-state index contributed by atoms with van der Waals surface area (Å²) in [5.74, 6) is -1.08. The third kappa shape index (κ3) is 2.51. The summed E-state index contributed by atoms with van der Waals surface area (Å²) in [6.45, 7) is 0. The molecule has 0 aromatic heterocycles. The molecule has 0 spiro atoms. The third-order valence-corrected chi connectivity index (χ3v) is 5.55. The van der Waals surface area contributed by atoms with Gasteiger partial charge in [0.2, 0.25) is 10.0 Å². The van der Waals surface area contributed by atoms with Gasteiger partial charge in [0.25, 0.3) is 0 Å². The molecule has 0 bridgehead atoms. The van der Waals surface area contributed by atoms with Crippen molar-refractivity contribution in [3.05, 3.63) is 23.8 Å². The summed E-state index contributed by atoms with van der Waals surface area (Å²) in [5.41, 5.74) is -0.157. The summed E-state index contributed by atoms with van der Waals surface area (Å²) in [7, 11) is -0.964. The number of phenolic OH excluding ortho intramolecular Hbond substituents is 1. The lowest BCUT2D eigenvalue weighted by Crippen LogP contribution is -2.41. The van der Waals surface area contributed by atoms with Crippen molar-refractivity contribution in [1.82, 2.24) is 4.31 Å². The van der Waals surface area contributed by atoms with Gasteiger partial charge in [0, 0.05) is 13.1 Å². The maximum absolute atomic E-state index is 12.4. The van der Waals surface area contributed by atoms with Crippen molar-refractivity contribution in [3.8, 4) is 5.75 Å². The molecule has 1 N–H and O–H groups in total. The summed E-state index contributed by atoms with van der Waals surface area (Å²) in [6.07, 6.45) is 2.71. The van der Waals surface area contributed by atoms with Gasteiger partial charge in [0.15, 0.2) is 0 Å². The molecule has 0 saturated heterocycles. The van der Waals surface area contributed by atoms with Crippen molar-refractivity contribution in [1.29, 1.82) is 0 Å². The average molecular weight is 299 g/mol. The Morgan fingerprint density at radius 1 is 1.40 bits per heavy atom. The van der Waals surface area contributed by atoms with Gasteiger partial charge >= 0.3 is 5.97 Å². The van der Waals surface area contributed by atoms with Crippen LogP contribution < -0.4 is 0 Å². The minimum atomic E-state index is -3.67. The smallest absolute Gasteiger partial charge is 0.341 e. The molecule has 1 aromatic carbocycles. The largest absolute Gasteiger partial charge is 0.507 e. The number of ether oxygens (including phenoxy) is 1. The fourth-order valence-corrected chi connectivity index (χ4v) is 3.50. The van der Waals surface area contributed by atoms with Crippen LogP contribution in [0.1, 0.15) is 29.6 Å². The molecule has 0 radical (unpaired) electrons. The Morgan fingerprint density at radius 2 is 2.05 bits per heavy atom. The molecule has 0 unspecified atom stereocenters. The van der Waals surface area contributed by atoms with E-state index in [1.807, 2.05) is 0 Å². The molecule has 20 heavy (non-hydrogen) atoms. The highest BCUT2D eigenvalue weighted by molar-refractivity contribution is 7.89.